The van der Waals surface area contributed by atoms with Crippen LogP contribution < -0.4 is 78.2 Å². The van der Waals surface area contributed by atoms with E-state index in [4.69, 9.17) is 23.7 Å². The van der Waals surface area contributed by atoms with Crippen molar-refractivity contribution < 1.29 is 23.7 Å². The molecule has 0 amide bonds. The van der Waals surface area contributed by atoms with Crippen LogP contribution in [0.5, 0.6) is 57.5 Å². The lowest BCUT2D eigenvalue weighted by Gasteiger charge is -2.38. The fraction of sp³-hybridized carbons (Fsp3) is 0.0930. The number of hydrogen-bond acceptors (Lipinski definition) is 6. The second kappa shape index (κ2) is 19.0. The van der Waals surface area contributed by atoms with E-state index in [0.29, 0.717) is 0 Å². The lowest BCUT2D eigenvalue weighted by molar-refractivity contribution is 0.451. The van der Waals surface area contributed by atoms with Gasteiger partial charge >= 0.3 is 0 Å². The molecule has 9 nitrogen and oxygen atoms in total. The van der Waals surface area contributed by atoms with Gasteiger partial charge < -0.3 is 42.7 Å². The van der Waals surface area contributed by atoms with Gasteiger partial charge in [-0.15, -0.1) is 0 Å². The highest BCUT2D eigenvalue weighted by Gasteiger charge is 2.48. The molecular formula is C86H59B3N4O5. The summed E-state index contributed by atoms with van der Waals surface area (Å²) in [6.45, 7) is 16.6. The Kier molecular flexibility index (Phi) is 10.6. The van der Waals surface area contributed by atoms with Crippen molar-refractivity contribution in [2.24, 2.45) is 0 Å². The first-order chi connectivity index (χ1) is 47.7. The fourth-order valence-electron chi connectivity index (χ4n) is 17.8. The van der Waals surface area contributed by atoms with Crippen molar-refractivity contribution in [1.82, 2.24) is 13.7 Å². The molecular weight excluding hydrogens is 1200 g/mol. The van der Waals surface area contributed by atoms with Crippen molar-refractivity contribution >= 4 is 146 Å². The van der Waals surface area contributed by atoms with Gasteiger partial charge in [0.25, 0.3) is 20.1 Å². The van der Waals surface area contributed by atoms with E-state index in [0.717, 1.165) is 174 Å². The van der Waals surface area contributed by atoms with Crippen LogP contribution in [0.3, 0.4) is 0 Å². The van der Waals surface area contributed by atoms with Gasteiger partial charge in [-0.1, -0.05) is 117 Å². The average molecular weight is 1260 g/mol. The summed E-state index contributed by atoms with van der Waals surface area (Å²) >= 11 is 0. The Morgan fingerprint density at radius 2 is 0.500 bits per heavy atom. The molecule has 98 heavy (non-hydrogen) atoms. The maximum absolute atomic E-state index is 7.58. The van der Waals surface area contributed by atoms with Crippen LogP contribution in [0, 0.1) is 55.4 Å². The van der Waals surface area contributed by atoms with E-state index in [2.05, 4.69) is 281 Å². The summed E-state index contributed by atoms with van der Waals surface area (Å²) in [5, 5.41) is 11.3. The first-order valence-electron chi connectivity index (χ1n) is 34.1. The maximum Gasteiger partial charge on any atom is 0.260 e. The predicted molar refractivity (Wildman–Crippen MR) is 404 cm³/mol. The minimum Gasteiger partial charge on any atom is -0.458 e. The van der Waals surface area contributed by atoms with Gasteiger partial charge in [0.1, 0.15) is 57.5 Å². The highest BCUT2D eigenvalue weighted by molar-refractivity contribution is 7.02. The van der Waals surface area contributed by atoms with Gasteiger partial charge in [0, 0.05) is 97.1 Å². The SMILES string of the molecule is Cc1ccc2c(c1)B1c3cc4c(cc3Nc3cc(-n5c6ccc(C)cc6c6cc(C)ccc65)cc(c31)O2)Oc1cc(-n2c3ccc(C)cc3c3cc(C)ccc32)cc2c1B4c1cc3c(cc1O2)Oc1cc(-n2c4ccc(C)cc4c4cc(C)ccc42)cc2c1B3c1cc(C)ccc1O2. The molecule has 6 aliphatic rings. The molecule has 3 aromatic heterocycles. The quantitative estimate of drug-likeness (QED) is 0.178. The third-order valence-corrected chi connectivity index (χ3v) is 22.1. The molecule has 0 atom stereocenters. The van der Waals surface area contributed by atoms with Crippen LogP contribution in [0.2, 0.25) is 0 Å². The lowest BCUT2D eigenvalue weighted by atomic mass is 9.30. The summed E-state index contributed by atoms with van der Waals surface area (Å²) in [5.41, 5.74) is 30.9. The zero-order valence-corrected chi connectivity index (χ0v) is 55.2. The van der Waals surface area contributed by atoms with Crippen LogP contribution in [0.15, 0.2) is 206 Å². The van der Waals surface area contributed by atoms with E-state index in [-0.39, 0.29) is 20.1 Å². The van der Waals surface area contributed by atoms with Crippen molar-refractivity contribution in [3.05, 3.63) is 251 Å². The van der Waals surface area contributed by atoms with Crippen molar-refractivity contribution in [2.45, 2.75) is 55.4 Å². The first kappa shape index (κ1) is 54.5. The average Bonchev–Trinajstić information content (AvgIpc) is 0.889. The smallest absolute Gasteiger partial charge is 0.260 e. The van der Waals surface area contributed by atoms with Crippen LogP contribution in [0.4, 0.5) is 11.4 Å². The van der Waals surface area contributed by atoms with Gasteiger partial charge in [-0.3, -0.25) is 0 Å². The second-order valence-corrected chi connectivity index (χ2v) is 28.7. The molecule has 0 bridgehead atoms. The summed E-state index contributed by atoms with van der Waals surface area (Å²) in [6, 6.07) is 76.6. The number of aromatic nitrogens is 3. The number of aryl methyl sites for hydroxylation is 8. The van der Waals surface area contributed by atoms with Crippen LogP contribution in [0.25, 0.3) is 82.5 Å². The normalized spacial score (nSPS) is 13.7. The third kappa shape index (κ3) is 7.44. The van der Waals surface area contributed by atoms with Gasteiger partial charge in [-0.25, -0.2) is 0 Å². The van der Waals surface area contributed by atoms with E-state index in [1.165, 1.54) is 71.3 Å². The number of fused-ring (bicyclic) bond motifs is 21. The Morgan fingerprint density at radius 1 is 0.224 bits per heavy atom. The first-order valence-corrected chi connectivity index (χ1v) is 34.1. The highest BCUT2D eigenvalue weighted by Crippen LogP contribution is 2.47. The number of nitrogens with one attached hydrogen (secondary N) is 1. The number of hydrogen-bond donors (Lipinski definition) is 1. The maximum atomic E-state index is 7.58. The van der Waals surface area contributed by atoms with Gasteiger partial charge in [-0.05, 0) is 185 Å². The summed E-state index contributed by atoms with van der Waals surface area (Å²) < 4.78 is 44.0. The van der Waals surface area contributed by atoms with Gasteiger partial charge in [0.15, 0.2) is 0 Å². The molecule has 0 aliphatic carbocycles. The number of benzene rings is 13. The van der Waals surface area contributed by atoms with Crippen molar-refractivity contribution in [1.29, 1.82) is 0 Å². The summed E-state index contributed by atoms with van der Waals surface area (Å²) in [4.78, 5) is 0. The molecule has 0 fully saturated rings. The monoisotopic (exact) mass is 1260 g/mol. The summed E-state index contributed by atoms with van der Waals surface area (Å²) in [5.74, 6) is 7.77. The largest absolute Gasteiger partial charge is 0.458 e. The number of nitrogens with zero attached hydrogens (tertiary/aromatic N) is 3. The van der Waals surface area contributed by atoms with E-state index < -0.39 is 0 Å². The lowest BCUT2D eigenvalue weighted by Crippen LogP contribution is -2.63. The molecule has 0 saturated heterocycles. The summed E-state index contributed by atoms with van der Waals surface area (Å²) in [6.07, 6.45) is 0. The standard InChI is InChI=1S/C86H59B3N4O5/c1-43-9-17-68-54(25-43)55-26-44(2)10-18-69(55)91(68)51-33-67-84-79(34-51)94-74-23-15-49(7)31-61(74)87(84)60-39-63-76(41-66(60)90-67)96-81-36-53(93-72-21-13-47(5)29-58(72)59-30-48(6)14-22-73(59)93)38-83-86(81)89(63)65-40-64-77(42-78(65)98-83)97-82-37-52(35-80-85(82)88(64)62-32-50(8)16-24-75(62)95-80)92-70-19-11-45(3)27-56(70)57-28-46(4)12-20-71(57)92/h9-42,90H,1-8H3. The van der Waals surface area contributed by atoms with Crippen LogP contribution in [-0.2, 0) is 0 Å². The molecule has 0 spiro atoms. The third-order valence-electron chi connectivity index (χ3n) is 22.1. The van der Waals surface area contributed by atoms with Gasteiger partial charge in [-0.2, -0.15) is 0 Å². The van der Waals surface area contributed by atoms with E-state index in [1.807, 2.05) is 0 Å². The van der Waals surface area contributed by atoms with Crippen LogP contribution in [-0.4, -0.2) is 33.8 Å². The molecule has 1 N–H and O–H groups in total. The Bertz CT molecular complexity index is 5970. The number of ether oxygens (including phenoxy) is 5. The van der Waals surface area contributed by atoms with Crippen LogP contribution in [0.1, 0.15) is 44.5 Å². The van der Waals surface area contributed by atoms with Crippen molar-refractivity contribution in [3.8, 4) is 74.6 Å². The van der Waals surface area contributed by atoms with E-state index >= 15 is 0 Å². The van der Waals surface area contributed by atoms with Gasteiger partial charge in [0.05, 0.1) is 50.2 Å². The van der Waals surface area contributed by atoms with Crippen LogP contribution >= 0.6 is 0 Å². The van der Waals surface area contributed by atoms with Crippen molar-refractivity contribution in [2.75, 3.05) is 5.32 Å². The van der Waals surface area contributed by atoms with Crippen molar-refractivity contribution in [3.63, 3.8) is 0 Å². The Morgan fingerprint density at radius 3 is 0.867 bits per heavy atom. The molecule has 9 heterocycles. The summed E-state index contributed by atoms with van der Waals surface area (Å²) in [7, 11) is 0. The van der Waals surface area contributed by atoms with E-state index in [1.54, 1.807) is 0 Å². The molecule has 0 saturated carbocycles. The minimum atomic E-state index is -0.328. The zero-order valence-electron chi connectivity index (χ0n) is 55.2. The molecule has 6 aliphatic heterocycles. The topological polar surface area (TPSA) is 73.0 Å². The number of rotatable bonds is 3. The molecule has 0 unspecified atom stereocenters. The fourth-order valence-corrected chi connectivity index (χ4v) is 17.8. The zero-order chi connectivity index (χ0) is 65.2. The van der Waals surface area contributed by atoms with E-state index in [9.17, 15) is 0 Å². The van der Waals surface area contributed by atoms with Gasteiger partial charge in [0.2, 0.25) is 0 Å². The second-order valence-electron chi connectivity index (χ2n) is 28.7. The Hall–Kier alpha value is -11.7. The Balaban J connectivity index is 0.767. The molecule has 16 aromatic rings. The highest BCUT2D eigenvalue weighted by atomic mass is 16.5. The molecule has 462 valence electrons. The number of anilines is 2. The molecule has 22 rings (SSSR count). The Labute approximate surface area is 566 Å². The minimum absolute atomic E-state index is 0.178. The molecule has 13 aromatic carbocycles. The predicted octanol–water partition coefficient (Wildman–Crippen LogP) is 15.6. The molecule has 12 heteroatoms. The molecule has 0 radical (unpaired) electrons.